The van der Waals surface area contributed by atoms with E-state index in [1.807, 2.05) is 54.6 Å². The van der Waals surface area contributed by atoms with Gasteiger partial charge in [-0.05, 0) is 36.5 Å². The number of aromatic nitrogens is 3. The Labute approximate surface area is 178 Å². The van der Waals surface area contributed by atoms with Gasteiger partial charge in [0.1, 0.15) is 0 Å². The molecule has 2 aliphatic heterocycles. The van der Waals surface area contributed by atoms with E-state index in [-0.39, 0.29) is 23.7 Å². The maximum absolute atomic E-state index is 13.3. The third kappa shape index (κ3) is 2.98. The van der Waals surface area contributed by atoms with Crippen LogP contribution in [0, 0.1) is 0 Å². The van der Waals surface area contributed by atoms with Crippen LogP contribution in [-0.2, 0) is 23.7 Å². The topological polar surface area (TPSA) is 100 Å². The van der Waals surface area contributed by atoms with Crippen LogP contribution in [0.1, 0.15) is 34.6 Å². The van der Waals surface area contributed by atoms with Crippen LogP contribution in [0.3, 0.4) is 0 Å². The van der Waals surface area contributed by atoms with Gasteiger partial charge in [0, 0.05) is 19.3 Å². The molecule has 2 amide bonds. The molecule has 0 unspecified atom stereocenters. The van der Waals surface area contributed by atoms with Crippen molar-refractivity contribution in [3.63, 3.8) is 0 Å². The monoisotopic (exact) mass is 417 g/mol. The molecule has 3 aromatic rings. The van der Waals surface area contributed by atoms with Gasteiger partial charge in [-0.2, -0.15) is 0 Å². The Hall–Kier alpha value is -3.68. The Bertz CT molecular complexity index is 1220. The molecule has 8 nitrogen and oxygen atoms in total. The molecule has 0 radical (unpaired) electrons. The Kier molecular flexibility index (Phi) is 4.50. The number of likely N-dealkylation sites (tertiary alicyclic amines) is 1. The lowest BCUT2D eigenvalue weighted by Gasteiger charge is -2.33. The quantitative estimate of drug-likeness (QED) is 0.677. The van der Waals surface area contributed by atoms with Gasteiger partial charge < -0.3 is 10.2 Å². The van der Waals surface area contributed by atoms with Gasteiger partial charge in [-0.25, -0.2) is 9.48 Å². The summed E-state index contributed by atoms with van der Waals surface area (Å²) in [6, 6.07) is 17.4. The van der Waals surface area contributed by atoms with E-state index in [1.165, 1.54) is 7.05 Å². The van der Waals surface area contributed by atoms with Gasteiger partial charge in [-0.3, -0.25) is 14.6 Å². The Morgan fingerprint density at radius 2 is 1.87 bits per heavy atom. The molecule has 0 saturated carbocycles. The second kappa shape index (κ2) is 7.23. The average molecular weight is 417 g/mol. The molecule has 1 aromatic heterocycles. The van der Waals surface area contributed by atoms with Gasteiger partial charge in [0.2, 0.25) is 11.7 Å². The molecule has 0 bridgehead atoms. The van der Waals surface area contributed by atoms with Crippen molar-refractivity contribution < 1.29 is 9.59 Å². The van der Waals surface area contributed by atoms with Gasteiger partial charge in [0.25, 0.3) is 5.91 Å². The van der Waals surface area contributed by atoms with Crippen molar-refractivity contribution in [1.29, 1.82) is 0 Å². The fraction of sp³-hybridized carbons (Fsp3) is 0.304. The summed E-state index contributed by atoms with van der Waals surface area (Å²) in [5.74, 6) is -0.428. The molecule has 5 rings (SSSR count). The number of benzene rings is 2. The van der Waals surface area contributed by atoms with E-state index < -0.39 is 11.1 Å². The number of hydrogen-bond donors (Lipinski definition) is 2. The summed E-state index contributed by atoms with van der Waals surface area (Å²) in [5, 5.41) is 7.06. The standard InChI is InChI=1S/C23H23N5O3/c1-27-22(31)25-19(26-27)20(29)28-14-13-23(16-9-5-6-10-17(16)24-21(23)30)18(28)12-11-15-7-3-2-4-8-15/h2-10,18H,11-14H2,1H3,(H,24,30)(H,25,26,31)/t18-,23-/m0/s1. The zero-order valence-corrected chi connectivity index (χ0v) is 17.2. The second-order valence-electron chi connectivity index (χ2n) is 8.16. The molecule has 1 saturated heterocycles. The molecule has 1 fully saturated rings. The number of fused-ring (bicyclic) bond motifs is 2. The van der Waals surface area contributed by atoms with Crippen LogP contribution in [0.25, 0.3) is 0 Å². The van der Waals surface area contributed by atoms with Crippen molar-refractivity contribution in [2.45, 2.75) is 30.7 Å². The van der Waals surface area contributed by atoms with E-state index >= 15 is 0 Å². The number of carbonyl (C=O) groups excluding carboxylic acids is 2. The average Bonchev–Trinajstić information content (AvgIpc) is 3.42. The van der Waals surface area contributed by atoms with Gasteiger partial charge in [0.05, 0.1) is 11.5 Å². The maximum atomic E-state index is 13.3. The summed E-state index contributed by atoms with van der Waals surface area (Å²) >= 11 is 0. The first kappa shape index (κ1) is 19.3. The first-order valence-corrected chi connectivity index (χ1v) is 10.4. The molecular weight excluding hydrogens is 394 g/mol. The number of aromatic amines is 1. The highest BCUT2D eigenvalue weighted by Crippen LogP contribution is 2.49. The van der Waals surface area contributed by atoms with Crippen molar-refractivity contribution in [2.24, 2.45) is 7.05 Å². The first-order chi connectivity index (χ1) is 15.0. The number of aryl methyl sites for hydroxylation is 2. The number of H-pyrrole nitrogens is 1. The van der Waals surface area contributed by atoms with Crippen molar-refractivity contribution in [1.82, 2.24) is 19.7 Å². The van der Waals surface area contributed by atoms with Crippen LogP contribution >= 0.6 is 0 Å². The fourth-order valence-corrected chi connectivity index (χ4v) is 5.03. The zero-order valence-electron chi connectivity index (χ0n) is 17.2. The second-order valence-corrected chi connectivity index (χ2v) is 8.16. The van der Waals surface area contributed by atoms with E-state index in [2.05, 4.69) is 15.4 Å². The summed E-state index contributed by atoms with van der Waals surface area (Å²) in [7, 11) is 1.49. The number of amides is 2. The summed E-state index contributed by atoms with van der Waals surface area (Å²) in [6.45, 7) is 0.415. The maximum Gasteiger partial charge on any atom is 0.343 e. The number of para-hydroxylation sites is 1. The highest BCUT2D eigenvalue weighted by molar-refractivity contribution is 6.08. The number of carbonyl (C=O) groups is 2. The Morgan fingerprint density at radius 1 is 1.13 bits per heavy atom. The minimum Gasteiger partial charge on any atom is -0.331 e. The smallest absolute Gasteiger partial charge is 0.331 e. The molecule has 1 spiro atoms. The minimum atomic E-state index is -0.809. The summed E-state index contributed by atoms with van der Waals surface area (Å²) < 4.78 is 1.11. The molecule has 2 aliphatic rings. The fourth-order valence-electron chi connectivity index (χ4n) is 5.03. The molecule has 31 heavy (non-hydrogen) atoms. The summed E-state index contributed by atoms with van der Waals surface area (Å²) in [6.07, 6.45) is 1.87. The molecule has 158 valence electrons. The number of nitrogens with zero attached hydrogens (tertiary/aromatic N) is 3. The molecule has 2 aromatic carbocycles. The van der Waals surface area contributed by atoms with Gasteiger partial charge >= 0.3 is 5.69 Å². The third-order valence-corrected chi connectivity index (χ3v) is 6.54. The Morgan fingerprint density at radius 3 is 2.61 bits per heavy atom. The summed E-state index contributed by atoms with van der Waals surface area (Å²) in [5.41, 5.74) is 1.63. The molecular formula is C23H23N5O3. The van der Waals surface area contributed by atoms with E-state index in [1.54, 1.807) is 4.90 Å². The van der Waals surface area contributed by atoms with Crippen LogP contribution in [0.4, 0.5) is 5.69 Å². The number of rotatable bonds is 4. The Balaban J connectivity index is 1.55. The van der Waals surface area contributed by atoms with Crippen molar-refractivity contribution in [2.75, 3.05) is 11.9 Å². The van der Waals surface area contributed by atoms with Crippen LogP contribution in [0.5, 0.6) is 0 Å². The van der Waals surface area contributed by atoms with Gasteiger partial charge in [-0.1, -0.05) is 48.5 Å². The molecule has 2 N–H and O–H groups in total. The lowest BCUT2D eigenvalue weighted by Crippen LogP contribution is -2.49. The predicted octanol–water partition coefficient (Wildman–Crippen LogP) is 1.85. The number of nitrogens with one attached hydrogen (secondary N) is 2. The van der Waals surface area contributed by atoms with E-state index in [4.69, 9.17) is 0 Å². The van der Waals surface area contributed by atoms with Crippen LogP contribution in [0.15, 0.2) is 59.4 Å². The van der Waals surface area contributed by atoms with E-state index in [0.717, 1.165) is 27.9 Å². The molecule has 8 heteroatoms. The van der Waals surface area contributed by atoms with E-state index in [9.17, 15) is 14.4 Å². The lowest BCUT2D eigenvalue weighted by molar-refractivity contribution is -0.121. The molecule has 2 atom stereocenters. The van der Waals surface area contributed by atoms with Crippen molar-refractivity contribution >= 4 is 17.5 Å². The van der Waals surface area contributed by atoms with Crippen LogP contribution in [-0.4, -0.2) is 44.1 Å². The molecule has 0 aliphatic carbocycles. The normalized spacial score (nSPS) is 22.0. The first-order valence-electron chi connectivity index (χ1n) is 10.4. The van der Waals surface area contributed by atoms with Crippen molar-refractivity contribution in [3.8, 4) is 0 Å². The zero-order chi connectivity index (χ0) is 21.6. The van der Waals surface area contributed by atoms with Crippen molar-refractivity contribution in [3.05, 3.63) is 82.0 Å². The van der Waals surface area contributed by atoms with E-state index in [0.29, 0.717) is 19.4 Å². The third-order valence-electron chi connectivity index (χ3n) is 6.54. The number of hydrogen-bond acceptors (Lipinski definition) is 4. The highest BCUT2D eigenvalue weighted by Gasteiger charge is 2.58. The lowest BCUT2D eigenvalue weighted by atomic mass is 9.73. The highest BCUT2D eigenvalue weighted by atomic mass is 16.2. The number of anilines is 1. The SMILES string of the molecule is Cn1nc(C(=O)N2CC[C@@]3(C(=O)Nc4ccccc43)[C@@H]2CCc2ccccc2)[nH]c1=O. The molecule has 3 heterocycles. The van der Waals surface area contributed by atoms with Gasteiger partial charge in [-0.15, -0.1) is 5.10 Å². The van der Waals surface area contributed by atoms with Crippen LogP contribution in [0.2, 0.25) is 0 Å². The van der Waals surface area contributed by atoms with Crippen LogP contribution < -0.4 is 11.0 Å². The minimum absolute atomic E-state index is 0.000881. The summed E-state index contributed by atoms with van der Waals surface area (Å²) in [4.78, 5) is 42.7. The largest absolute Gasteiger partial charge is 0.343 e. The predicted molar refractivity (Wildman–Crippen MR) is 115 cm³/mol. The van der Waals surface area contributed by atoms with Gasteiger partial charge in [0.15, 0.2) is 0 Å².